The Kier molecular flexibility index (Phi) is 4.03. The quantitative estimate of drug-likeness (QED) is 0.380. The lowest BCUT2D eigenvalue weighted by Crippen LogP contribution is -2.12. The molecule has 3 N–H and O–H groups in total. The number of nitrogens with zero attached hydrogens (tertiary/aromatic N) is 1. The SMILES string of the molecule is COc1ccc(Oc2ccccc2C(=N)N)cc1[N+](=O)[O-]. The van der Waals surface area contributed by atoms with E-state index in [1.54, 1.807) is 30.3 Å². The summed E-state index contributed by atoms with van der Waals surface area (Å²) < 4.78 is 10.5. The molecule has 21 heavy (non-hydrogen) atoms. The Morgan fingerprint density at radius 1 is 1.24 bits per heavy atom. The summed E-state index contributed by atoms with van der Waals surface area (Å²) in [6.07, 6.45) is 0. The van der Waals surface area contributed by atoms with Gasteiger partial charge in [0, 0.05) is 0 Å². The van der Waals surface area contributed by atoms with Crippen molar-refractivity contribution in [2.24, 2.45) is 5.73 Å². The summed E-state index contributed by atoms with van der Waals surface area (Å²) in [5.74, 6) is 0.612. The average molecular weight is 287 g/mol. The molecule has 0 aliphatic heterocycles. The maximum Gasteiger partial charge on any atom is 0.314 e. The molecule has 0 saturated heterocycles. The summed E-state index contributed by atoms with van der Waals surface area (Å²) in [7, 11) is 1.36. The number of ether oxygens (including phenoxy) is 2. The Morgan fingerprint density at radius 2 is 1.95 bits per heavy atom. The third-order valence-corrected chi connectivity index (χ3v) is 2.75. The molecule has 2 aromatic rings. The van der Waals surface area contributed by atoms with Crippen LogP contribution in [0.2, 0.25) is 0 Å². The first-order valence-corrected chi connectivity index (χ1v) is 5.96. The molecule has 0 aliphatic rings. The molecule has 108 valence electrons. The lowest BCUT2D eigenvalue weighted by Gasteiger charge is -2.10. The molecule has 0 atom stereocenters. The fraction of sp³-hybridized carbons (Fsp3) is 0.0714. The van der Waals surface area contributed by atoms with E-state index in [4.69, 9.17) is 20.6 Å². The van der Waals surface area contributed by atoms with Gasteiger partial charge in [0.25, 0.3) is 0 Å². The van der Waals surface area contributed by atoms with Crippen molar-refractivity contribution in [2.45, 2.75) is 0 Å². The standard InChI is InChI=1S/C14H13N3O4/c1-20-13-7-6-9(8-11(13)17(18)19)21-12-5-3-2-4-10(12)14(15)16/h2-8H,1H3,(H3,15,16). The van der Waals surface area contributed by atoms with Crippen molar-refractivity contribution in [3.63, 3.8) is 0 Å². The Labute approximate surface area is 120 Å². The zero-order valence-corrected chi connectivity index (χ0v) is 11.2. The second kappa shape index (κ2) is 5.91. The summed E-state index contributed by atoms with van der Waals surface area (Å²) in [6, 6.07) is 11.0. The van der Waals surface area contributed by atoms with Crippen LogP contribution in [0.25, 0.3) is 0 Å². The van der Waals surface area contributed by atoms with Gasteiger partial charge in [-0.15, -0.1) is 0 Å². The minimum atomic E-state index is -0.553. The van der Waals surface area contributed by atoms with Crippen LogP contribution in [0.4, 0.5) is 5.69 Å². The van der Waals surface area contributed by atoms with E-state index in [2.05, 4.69) is 0 Å². The van der Waals surface area contributed by atoms with Crippen molar-refractivity contribution >= 4 is 11.5 Å². The first kappa shape index (κ1) is 14.3. The van der Waals surface area contributed by atoms with Gasteiger partial charge in [-0.25, -0.2) is 0 Å². The van der Waals surface area contributed by atoms with Gasteiger partial charge < -0.3 is 15.2 Å². The zero-order valence-electron chi connectivity index (χ0n) is 11.2. The van der Waals surface area contributed by atoms with Gasteiger partial charge in [-0.1, -0.05) is 12.1 Å². The molecule has 0 fully saturated rings. The summed E-state index contributed by atoms with van der Waals surface area (Å²) in [6.45, 7) is 0. The van der Waals surface area contributed by atoms with Crippen molar-refractivity contribution in [1.29, 1.82) is 5.41 Å². The monoisotopic (exact) mass is 287 g/mol. The van der Waals surface area contributed by atoms with Crippen molar-refractivity contribution in [3.8, 4) is 17.2 Å². The lowest BCUT2D eigenvalue weighted by molar-refractivity contribution is -0.385. The lowest BCUT2D eigenvalue weighted by atomic mass is 10.2. The number of benzene rings is 2. The van der Waals surface area contributed by atoms with Crippen LogP contribution in [-0.2, 0) is 0 Å². The number of amidine groups is 1. The molecular weight excluding hydrogens is 274 g/mol. The molecule has 0 aliphatic carbocycles. The van der Waals surface area contributed by atoms with Crippen molar-refractivity contribution in [3.05, 3.63) is 58.1 Å². The molecule has 7 heteroatoms. The molecule has 7 nitrogen and oxygen atoms in total. The molecule has 2 aromatic carbocycles. The van der Waals surface area contributed by atoms with Gasteiger partial charge in [-0.3, -0.25) is 15.5 Å². The molecular formula is C14H13N3O4. The van der Waals surface area contributed by atoms with Gasteiger partial charge in [-0.2, -0.15) is 0 Å². The van der Waals surface area contributed by atoms with Crippen LogP contribution in [0.5, 0.6) is 17.2 Å². The first-order chi connectivity index (χ1) is 10.0. The maximum atomic E-state index is 11.0. The van der Waals surface area contributed by atoms with Crippen molar-refractivity contribution in [2.75, 3.05) is 7.11 Å². The van der Waals surface area contributed by atoms with Gasteiger partial charge in [-0.05, 0) is 24.3 Å². The average Bonchev–Trinajstić information content (AvgIpc) is 2.47. The Bertz CT molecular complexity index is 700. The van der Waals surface area contributed by atoms with Crippen molar-refractivity contribution < 1.29 is 14.4 Å². The highest BCUT2D eigenvalue weighted by Crippen LogP contribution is 2.33. The second-order valence-electron chi connectivity index (χ2n) is 4.10. The van der Waals surface area contributed by atoms with Gasteiger partial charge >= 0.3 is 5.69 Å². The third kappa shape index (κ3) is 3.08. The summed E-state index contributed by atoms with van der Waals surface area (Å²) in [4.78, 5) is 10.4. The number of hydrogen-bond acceptors (Lipinski definition) is 5. The highest BCUT2D eigenvalue weighted by Gasteiger charge is 2.16. The Morgan fingerprint density at radius 3 is 2.57 bits per heavy atom. The number of nitrogen functional groups attached to an aromatic ring is 1. The minimum absolute atomic E-state index is 0.145. The number of hydrogen-bond donors (Lipinski definition) is 2. The van der Waals surface area contributed by atoms with Crippen LogP contribution in [0.3, 0.4) is 0 Å². The zero-order chi connectivity index (χ0) is 15.4. The first-order valence-electron chi connectivity index (χ1n) is 5.96. The highest BCUT2D eigenvalue weighted by molar-refractivity contribution is 5.97. The molecule has 0 unspecified atom stereocenters. The highest BCUT2D eigenvalue weighted by atomic mass is 16.6. The summed E-state index contributed by atoms with van der Waals surface area (Å²) in [5.41, 5.74) is 5.68. The van der Waals surface area contributed by atoms with Gasteiger partial charge in [0.1, 0.15) is 17.3 Å². The van der Waals surface area contributed by atoms with Gasteiger partial charge in [0.2, 0.25) is 0 Å². The fourth-order valence-electron chi connectivity index (χ4n) is 1.78. The predicted molar refractivity (Wildman–Crippen MR) is 77.2 cm³/mol. The third-order valence-electron chi connectivity index (χ3n) is 2.75. The summed E-state index contributed by atoms with van der Waals surface area (Å²) in [5, 5.41) is 18.5. The molecule has 0 bridgehead atoms. The molecule has 0 amide bonds. The number of para-hydroxylation sites is 1. The number of nitro groups is 1. The van der Waals surface area contributed by atoms with Crippen LogP contribution in [0.1, 0.15) is 5.56 Å². The van der Waals surface area contributed by atoms with Crippen LogP contribution in [0.15, 0.2) is 42.5 Å². The van der Waals surface area contributed by atoms with Crippen LogP contribution >= 0.6 is 0 Å². The predicted octanol–water partition coefficient (Wildman–Crippen LogP) is 2.68. The minimum Gasteiger partial charge on any atom is -0.490 e. The van der Waals surface area contributed by atoms with E-state index in [0.29, 0.717) is 11.3 Å². The fourth-order valence-corrected chi connectivity index (χ4v) is 1.78. The van der Waals surface area contributed by atoms with E-state index in [1.807, 2.05) is 0 Å². The molecule has 2 rings (SSSR count). The smallest absolute Gasteiger partial charge is 0.314 e. The van der Waals surface area contributed by atoms with E-state index in [9.17, 15) is 10.1 Å². The van der Waals surface area contributed by atoms with E-state index in [1.165, 1.54) is 19.2 Å². The number of rotatable bonds is 5. The van der Waals surface area contributed by atoms with Crippen molar-refractivity contribution in [1.82, 2.24) is 0 Å². The van der Waals surface area contributed by atoms with Crippen LogP contribution in [0, 0.1) is 15.5 Å². The molecule has 0 radical (unpaired) electrons. The molecule has 0 saturated carbocycles. The van der Waals surface area contributed by atoms with E-state index in [-0.39, 0.29) is 23.0 Å². The number of nitrogens with two attached hydrogens (primary N) is 1. The number of methoxy groups -OCH3 is 1. The maximum absolute atomic E-state index is 11.0. The molecule has 0 spiro atoms. The number of nitro benzene ring substituents is 1. The largest absolute Gasteiger partial charge is 0.490 e. The normalized spacial score (nSPS) is 9.95. The van der Waals surface area contributed by atoms with E-state index >= 15 is 0 Å². The van der Waals surface area contributed by atoms with E-state index < -0.39 is 4.92 Å². The molecule has 0 aromatic heterocycles. The van der Waals surface area contributed by atoms with Crippen LogP contribution in [-0.4, -0.2) is 17.9 Å². The Balaban J connectivity index is 2.39. The van der Waals surface area contributed by atoms with Gasteiger partial charge in [0.15, 0.2) is 5.75 Å². The Hall–Kier alpha value is -3.09. The molecule has 0 heterocycles. The summed E-state index contributed by atoms with van der Waals surface area (Å²) >= 11 is 0. The topological polar surface area (TPSA) is 111 Å². The van der Waals surface area contributed by atoms with E-state index in [0.717, 1.165) is 0 Å². The van der Waals surface area contributed by atoms with Gasteiger partial charge in [0.05, 0.1) is 23.7 Å². The van der Waals surface area contributed by atoms with Crippen LogP contribution < -0.4 is 15.2 Å². The second-order valence-corrected chi connectivity index (χ2v) is 4.10. The number of nitrogens with one attached hydrogen (secondary N) is 1.